The summed E-state index contributed by atoms with van der Waals surface area (Å²) in [5.41, 5.74) is 1.96. The van der Waals surface area contributed by atoms with Gasteiger partial charge in [-0.3, -0.25) is 0 Å². The molecule has 0 aliphatic rings. The van der Waals surface area contributed by atoms with E-state index in [9.17, 15) is 5.11 Å². The molecule has 108 valence electrons. The molecule has 0 bridgehead atoms. The van der Waals surface area contributed by atoms with E-state index in [0.29, 0.717) is 0 Å². The molecule has 0 amide bonds. The topological polar surface area (TPSA) is 54.4 Å². The molecule has 0 radical (unpaired) electrons. The number of aromatic nitrogens is 1. The molecular formula is C15H20N2O2S. The lowest BCUT2D eigenvalue weighted by molar-refractivity contribution is 0.407. The van der Waals surface area contributed by atoms with Gasteiger partial charge in [-0.2, -0.15) is 0 Å². The van der Waals surface area contributed by atoms with E-state index in [2.05, 4.69) is 15.7 Å². The lowest BCUT2D eigenvalue weighted by atomic mass is 10.1. The van der Waals surface area contributed by atoms with Crippen LogP contribution in [-0.2, 0) is 6.42 Å². The van der Waals surface area contributed by atoms with Crippen molar-refractivity contribution in [1.29, 1.82) is 0 Å². The van der Waals surface area contributed by atoms with Gasteiger partial charge in [-0.05, 0) is 32.0 Å². The molecule has 1 unspecified atom stereocenters. The Bertz CT molecular complexity index is 569. The number of phenols is 1. The van der Waals surface area contributed by atoms with Gasteiger partial charge in [0, 0.05) is 30.0 Å². The molecule has 4 nitrogen and oxygen atoms in total. The summed E-state index contributed by atoms with van der Waals surface area (Å²) in [5.74, 6) is 1.04. The number of hydrogen-bond acceptors (Lipinski definition) is 5. The van der Waals surface area contributed by atoms with Crippen LogP contribution in [0.15, 0.2) is 23.6 Å². The number of aryl methyl sites for hydroxylation is 1. The van der Waals surface area contributed by atoms with Gasteiger partial charge in [0.1, 0.15) is 11.5 Å². The Balaban J connectivity index is 1.92. The van der Waals surface area contributed by atoms with Crippen molar-refractivity contribution in [2.24, 2.45) is 0 Å². The van der Waals surface area contributed by atoms with Crippen molar-refractivity contribution in [2.75, 3.05) is 13.7 Å². The van der Waals surface area contributed by atoms with Crippen LogP contribution in [0, 0.1) is 6.92 Å². The Morgan fingerprint density at radius 2 is 2.25 bits per heavy atom. The molecule has 2 N–H and O–H groups in total. The van der Waals surface area contributed by atoms with E-state index in [0.717, 1.165) is 35.0 Å². The zero-order valence-corrected chi connectivity index (χ0v) is 12.8. The lowest BCUT2D eigenvalue weighted by Crippen LogP contribution is -2.21. The van der Waals surface area contributed by atoms with E-state index in [1.165, 1.54) is 0 Å². The number of nitrogens with zero attached hydrogens (tertiary/aromatic N) is 1. The molecule has 1 aromatic heterocycles. The highest BCUT2D eigenvalue weighted by molar-refractivity contribution is 7.09. The summed E-state index contributed by atoms with van der Waals surface area (Å²) in [7, 11) is 1.62. The Kier molecular flexibility index (Phi) is 4.98. The smallest absolute Gasteiger partial charge is 0.120 e. The number of nitrogens with one attached hydrogen (secondary N) is 1. The largest absolute Gasteiger partial charge is 0.508 e. The van der Waals surface area contributed by atoms with Crippen LogP contribution in [0.1, 0.15) is 29.2 Å². The van der Waals surface area contributed by atoms with Gasteiger partial charge in [0.2, 0.25) is 0 Å². The van der Waals surface area contributed by atoms with Gasteiger partial charge in [-0.1, -0.05) is 0 Å². The predicted molar refractivity (Wildman–Crippen MR) is 81.6 cm³/mol. The number of aromatic hydroxyl groups is 1. The van der Waals surface area contributed by atoms with Crippen molar-refractivity contribution >= 4 is 11.3 Å². The number of rotatable bonds is 6. The lowest BCUT2D eigenvalue weighted by Gasteiger charge is -2.16. The first-order valence-electron chi connectivity index (χ1n) is 6.61. The highest BCUT2D eigenvalue weighted by Gasteiger charge is 2.11. The average Bonchev–Trinajstić information content (AvgIpc) is 2.85. The fourth-order valence-corrected chi connectivity index (χ4v) is 2.70. The van der Waals surface area contributed by atoms with Gasteiger partial charge in [-0.15, -0.1) is 11.3 Å². The van der Waals surface area contributed by atoms with Gasteiger partial charge in [0.25, 0.3) is 0 Å². The van der Waals surface area contributed by atoms with Crippen LogP contribution in [0.3, 0.4) is 0 Å². The molecule has 0 aliphatic heterocycles. The first-order valence-corrected chi connectivity index (χ1v) is 7.49. The number of methoxy groups -OCH3 is 1. The molecule has 0 saturated heterocycles. The zero-order chi connectivity index (χ0) is 14.5. The maximum absolute atomic E-state index is 9.91. The van der Waals surface area contributed by atoms with E-state index < -0.39 is 0 Å². The fraction of sp³-hybridized carbons (Fsp3) is 0.400. The molecule has 2 rings (SSSR count). The average molecular weight is 292 g/mol. The van der Waals surface area contributed by atoms with Crippen LogP contribution in [0.25, 0.3) is 0 Å². The summed E-state index contributed by atoms with van der Waals surface area (Å²) in [5, 5.41) is 16.5. The van der Waals surface area contributed by atoms with Crippen LogP contribution in [0.5, 0.6) is 11.5 Å². The van der Waals surface area contributed by atoms with Crippen molar-refractivity contribution < 1.29 is 9.84 Å². The molecular weight excluding hydrogens is 272 g/mol. The summed E-state index contributed by atoms with van der Waals surface area (Å²) >= 11 is 1.67. The van der Waals surface area contributed by atoms with Crippen LogP contribution >= 0.6 is 11.3 Å². The second-order valence-corrected chi connectivity index (χ2v) is 5.77. The van der Waals surface area contributed by atoms with Crippen molar-refractivity contribution in [1.82, 2.24) is 10.3 Å². The Morgan fingerprint density at radius 3 is 2.90 bits per heavy atom. The van der Waals surface area contributed by atoms with Gasteiger partial charge < -0.3 is 15.2 Å². The van der Waals surface area contributed by atoms with Gasteiger partial charge in [0.05, 0.1) is 17.8 Å². The SMILES string of the molecule is COc1ccc(O)c(C(C)NCCc2csc(C)n2)c1. The molecule has 2 aromatic rings. The number of phenolic OH excluding ortho intramolecular Hbond substituents is 1. The van der Waals surface area contributed by atoms with Crippen molar-refractivity contribution in [3.63, 3.8) is 0 Å². The maximum atomic E-state index is 9.91. The van der Waals surface area contributed by atoms with E-state index in [1.807, 2.05) is 19.9 Å². The third-order valence-electron chi connectivity index (χ3n) is 3.20. The van der Waals surface area contributed by atoms with Crippen LogP contribution in [0.2, 0.25) is 0 Å². The molecule has 0 fully saturated rings. The van der Waals surface area contributed by atoms with Gasteiger partial charge in [-0.25, -0.2) is 4.98 Å². The molecule has 5 heteroatoms. The normalized spacial score (nSPS) is 12.3. The fourth-order valence-electron chi connectivity index (χ4n) is 2.06. The van der Waals surface area contributed by atoms with Crippen molar-refractivity contribution in [2.45, 2.75) is 26.3 Å². The third kappa shape index (κ3) is 3.71. The number of thiazole rings is 1. The Morgan fingerprint density at radius 1 is 1.45 bits per heavy atom. The maximum Gasteiger partial charge on any atom is 0.120 e. The summed E-state index contributed by atoms with van der Waals surface area (Å²) < 4.78 is 5.19. The summed E-state index contributed by atoms with van der Waals surface area (Å²) in [6.07, 6.45) is 0.888. The van der Waals surface area contributed by atoms with Crippen molar-refractivity contribution in [3.8, 4) is 11.5 Å². The van der Waals surface area contributed by atoms with Crippen LogP contribution in [0.4, 0.5) is 0 Å². The molecule has 0 saturated carbocycles. The second-order valence-electron chi connectivity index (χ2n) is 4.71. The van der Waals surface area contributed by atoms with E-state index in [4.69, 9.17) is 4.74 Å². The highest BCUT2D eigenvalue weighted by Crippen LogP contribution is 2.28. The van der Waals surface area contributed by atoms with Crippen LogP contribution < -0.4 is 10.1 Å². The van der Waals surface area contributed by atoms with E-state index >= 15 is 0 Å². The van der Waals surface area contributed by atoms with E-state index in [1.54, 1.807) is 30.6 Å². The number of benzene rings is 1. The first kappa shape index (κ1) is 14.8. The number of hydrogen-bond donors (Lipinski definition) is 2. The first-order chi connectivity index (χ1) is 9.60. The minimum atomic E-state index is 0.0600. The Labute approximate surface area is 123 Å². The minimum absolute atomic E-state index is 0.0600. The monoisotopic (exact) mass is 292 g/mol. The number of ether oxygens (including phenoxy) is 1. The van der Waals surface area contributed by atoms with Crippen molar-refractivity contribution in [3.05, 3.63) is 39.8 Å². The molecule has 0 aliphatic carbocycles. The standard InChI is InChI=1S/C15H20N2O2S/c1-10(14-8-13(19-3)4-5-15(14)18)16-7-6-12-9-20-11(2)17-12/h4-5,8-10,16,18H,6-7H2,1-3H3. The molecule has 1 atom stereocenters. The van der Waals surface area contributed by atoms with Gasteiger partial charge >= 0.3 is 0 Å². The second kappa shape index (κ2) is 6.72. The molecule has 20 heavy (non-hydrogen) atoms. The van der Waals surface area contributed by atoms with E-state index in [-0.39, 0.29) is 11.8 Å². The highest BCUT2D eigenvalue weighted by atomic mass is 32.1. The minimum Gasteiger partial charge on any atom is -0.508 e. The molecule has 1 aromatic carbocycles. The summed E-state index contributed by atoms with van der Waals surface area (Å²) in [6, 6.07) is 5.34. The molecule has 0 spiro atoms. The zero-order valence-electron chi connectivity index (χ0n) is 12.0. The quantitative estimate of drug-likeness (QED) is 0.859. The predicted octanol–water partition coefficient (Wildman–Crippen LogP) is 3.06. The van der Waals surface area contributed by atoms with Gasteiger partial charge in [0.15, 0.2) is 0 Å². The molecule has 1 heterocycles. The summed E-state index contributed by atoms with van der Waals surface area (Å²) in [6.45, 7) is 4.86. The summed E-state index contributed by atoms with van der Waals surface area (Å²) in [4.78, 5) is 4.43. The third-order valence-corrected chi connectivity index (χ3v) is 4.02. The Hall–Kier alpha value is -1.59. The van der Waals surface area contributed by atoms with Crippen LogP contribution in [-0.4, -0.2) is 23.7 Å².